The molecule has 0 aromatic heterocycles. The maximum Gasteiger partial charge on any atom is 0.220 e. The molecule has 0 saturated heterocycles. The van der Waals surface area contributed by atoms with Crippen molar-refractivity contribution in [2.75, 3.05) is 13.2 Å². The maximum absolute atomic E-state index is 12.2. The van der Waals surface area contributed by atoms with E-state index < -0.39 is 0 Å². The van der Waals surface area contributed by atoms with Crippen LogP contribution in [0.3, 0.4) is 0 Å². The average Bonchev–Trinajstić information content (AvgIpc) is 2.46. The summed E-state index contributed by atoms with van der Waals surface area (Å²) in [6.07, 6.45) is 0.540. The van der Waals surface area contributed by atoms with Crippen LogP contribution in [0.2, 0.25) is 0 Å². The zero-order chi connectivity index (χ0) is 17.4. The number of hydrogen-bond donors (Lipinski definition) is 1. The van der Waals surface area contributed by atoms with Crippen LogP contribution < -0.4 is 14.8 Å². The average molecular weight is 321 g/mol. The molecule has 1 aromatic carbocycles. The standard InChI is InChI=1S/C19H31NO3/c1-7-22-16-10-9-15(12-17(16)23-8-2)19(14(5)6)20-18(21)11-13(3)4/h9-10,12-14,19H,7-8,11H2,1-6H3,(H,20,21). The third-order valence-corrected chi connectivity index (χ3v) is 3.50. The molecule has 130 valence electrons. The fourth-order valence-electron chi connectivity index (χ4n) is 2.50. The summed E-state index contributed by atoms with van der Waals surface area (Å²) in [6, 6.07) is 5.88. The van der Waals surface area contributed by atoms with E-state index in [4.69, 9.17) is 9.47 Å². The summed E-state index contributed by atoms with van der Waals surface area (Å²) in [6.45, 7) is 13.4. The van der Waals surface area contributed by atoms with Gasteiger partial charge in [0.15, 0.2) is 11.5 Å². The molecule has 4 nitrogen and oxygen atoms in total. The van der Waals surface area contributed by atoms with Crippen LogP contribution in [0.4, 0.5) is 0 Å². The number of carbonyl (C=O) groups is 1. The Bertz CT molecular complexity index is 497. The lowest BCUT2D eigenvalue weighted by molar-refractivity contribution is -0.122. The first-order chi connectivity index (χ1) is 10.9. The number of carbonyl (C=O) groups excluding carboxylic acids is 1. The second-order valence-corrected chi connectivity index (χ2v) is 6.46. The molecule has 0 bridgehead atoms. The lowest BCUT2D eigenvalue weighted by Gasteiger charge is -2.24. The molecule has 0 saturated carbocycles. The van der Waals surface area contributed by atoms with Crippen molar-refractivity contribution in [3.8, 4) is 11.5 Å². The molecule has 1 N–H and O–H groups in total. The SMILES string of the molecule is CCOc1ccc(C(NC(=O)CC(C)C)C(C)C)cc1OCC. The summed E-state index contributed by atoms with van der Waals surface area (Å²) >= 11 is 0. The number of benzene rings is 1. The van der Waals surface area contributed by atoms with Crippen LogP contribution >= 0.6 is 0 Å². The van der Waals surface area contributed by atoms with E-state index in [9.17, 15) is 4.79 Å². The van der Waals surface area contributed by atoms with Crippen LogP contribution in [0.25, 0.3) is 0 Å². The topological polar surface area (TPSA) is 47.6 Å². The van der Waals surface area contributed by atoms with Gasteiger partial charge < -0.3 is 14.8 Å². The second kappa shape index (κ2) is 9.43. The fourth-order valence-corrected chi connectivity index (χ4v) is 2.50. The molecule has 1 amide bonds. The van der Waals surface area contributed by atoms with Crippen LogP contribution in [0, 0.1) is 11.8 Å². The minimum Gasteiger partial charge on any atom is -0.490 e. The molecule has 1 unspecified atom stereocenters. The van der Waals surface area contributed by atoms with Gasteiger partial charge in [-0.1, -0.05) is 33.8 Å². The minimum atomic E-state index is -0.0314. The lowest BCUT2D eigenvalue weighted by Crippen LogP contribution is -2.32. The largest absolute Gasteiger partial charge is 0.490 e. The number of hydrogen-bond acceptors (Lipinski definition) is 3. The number of ether oxygens (including phenoxy) is 2. The Morgan fingerprint density at radius 3 is 2.17 bits per heavy atom. The normalized spacial score (nSPS) is 12.3. The van der Waals surface area contributed by atoms with E-state index in [1.54, 1.807) is 0 Å². The second-order valence-electron chi connectivity index (χ2n) is 6.46. The van der Waals surface area contributed by atoms with Gasteiger partial charge in [0, 0.05) is 6.42 Å². The van der Waals surface area contributed by atoms with Crippen LogP contribution in [0.15, 0.2) is 18.2 Å². The van der Waals surface area contributed by atoms with Crippen LogP contribution in [0.5, 0.6) is 11.5 Å². The first-order valence-corrected chi connectivity index (χ1v) is 8.57. The fraction of sp³-hybridized carbons (Fsp3) is 0.632. The van der Waals surface area contributed by atoms with E-state index >= 15 is 0 Å². The first kappa shape index (κ1) is 19.3. The van der Waals surface area contributed by atoms with Crippen LogP contribution in [0.1, 0.15) is 59.6 Å². The zero-order valence-corrected chi connectivity index (χ0v) is 15.3. The summed E-state index contributed by atoms with van der Waals surface area (Å²) in [7, 11) is 0. The highest BCUT2D eigenvalue weighted by Gasteiger charge is 2.20. The lowest BCUT2D eigenvalue weighted by atomic mass is 9.95. The van der Waals surface area contributed by atoms with Gasteiger partial charge >= 0.3 is 0 Å². The Balaban J connectivity index is 3.02. The summed E-state index contributed by atoms with van der Waals surface area (Å²) in [5.41, 5.74) is 1.05. The van der Waals surface area contributed by atoms with E-state index in [1.807, 2.05) is 45.9 Å². The van der Waals surface area contributed by atoms with Gasteiger partial charge in [0.05, 0.1) is 19.3 Å². The first-order valence-electron chi connectivity index (χ1n) is 8.57. The molecular weight excluding hydrogens is 290 g/mol. The Kier molecular flexibility index (Phi) is 7.93. The molecule has 23 heavy (non-hydrogen) atoms. The van der Waals surface area contributed by atoms with Gasteiger partial charge in [0.1, 0.15) is 0 Å². The predicted molar refractivity (Wildman–Crippen MR) is 94.0 cm³/mol. The third-order valence-electron chi connectivity index (χ3n) is 3.50. The molecule has 1 aromatic rings. The Morgan fingerprint density at radius 2 is 1.65 bits per heavy atom. The Hall–Kier alpha value is -1.71. The molecule has 0 fully saturated rings. The smallest absolute Gasteiger partial charge is 0.220 e. The highest BCUT2D eigenvalue weighted by atomic mass is 16.5. The molecule has 0 aliphatic carbocycles. The van der Waals surface area contributed by atoms with Gasteiger partial charge in [-0.25, -0.2) is 0 Å². The van der Waals surface area contributed by atoms with E-state index in [1.165, 1.54) is 0 Å². The summed E-state index contributed by atoms with van der Waals surface area (Å²) in [5.74, 6) is 2.20. The molecule has 4 heteroatoms. The predicted octanol–water partition coefficient (Wildman–Crippen LogP) is 4.34. The van der Waals surface area contributed by atoms with Crippen molar-refractivity contribution >= 4 is 5.91 Å². The molecule has 0 radical (unpaired) electrons. The number of rotatable bonds is 9. The molecule has 0 spiro atoms. The zero-order valence-electron chi connectivity index (χ0n) is 15.3. The number of amides is 1. The van der Waals surface area contributed by atoms with Crippen molar-refractivity contribution in [2.45, 2.75) is 54.0 Å². The molecular formula is C19H31NO3. The summed E-state index contributed by atoms with van der Waals surface area (Å²) < 4.78 is 11.3. The highest BCUT2D eigenvalue weighted by Crippen LogP contribution is 2.33. The summed E-state index contributed by atoms with van der Waals surface area (Å²) in [4.78, 5) is 12.2. The Morgan fingerprint density at radius 1 is 1.04 bits per heavy atom. The highest BCUT2D eigenvalue weighted by molar-refractivity contribution is 5.76. The molecule has 0 aliphatic rings. The number of nitrogens with one attached hydrogen (secondary N) is 1. The van der Waals surface area contributed by atoms with Gasteiger partial charge in [0.2, 0.25) is 5.91 Å². The molecule has 1 atom stereocenters. The molecule has 1 rings (SSSR count). The monoisotopic (exact) mass is 321 g/mol. The van der Waals surface area contributed by atoms with E-state index in [-0.39, 0.29) is 11.9 Å². The van der Waals surface area contributed by atoms with Crippen molar-refractivity contribution < 1.29 is 14.3 Å². The maximum atomic E-state index is 12.2. The van der Waals surface area contributed by atoms with Crippen molar-refractivity contribution in [1.82, 2.24) is 5.32 Å². The molecule has 0 heterocycles. The van der Waals surface area contributed by atoms with Crippen molar-refractivity contribution in [3.63, 3.8) is 0 Å². The third kappa shape index (κ3) is 6.12. The van der Waals surface area contributed by atoms with E-state index in [0.29, 0.717) is 31.5 Å². The van der Waals surface area contributed by atoms with Crippen molar-refractivity contribution in [1.29, 1.82) is 0 Å². The van der Waals surface area contributed by atoms with Gasteiger partial charge in [-0.15, -0.1) is 0 Å². The van der Waals surface area contributed by atoms with E-state index in [0.717, 1.165) is 17.1 Å². The quantitative estimate of drug-likeness (QED) is 0.736. The van der Waals surface area contributed by atoms with Gasteiger partial charge in [-0.05, 0) is 43.4 Å². The van der Waals surface area contributed by atoms with E-state index in [2.05, 4.69) is 19.2 Å². The van der Waals surface area contributed by atoms with Crippen LogP contribution in [-0.4, -0.2) is 19.1 Å². The summed E-state index contributed by atoms with van der Waals surface area (Å²) in [5, 5.41) is 3.15. The molecule has 0 aliphatic heterocycles. The minimum absolute atomic E-state index is 0.0314. The van der Waals surface area contributed by atoms with Gasteiger partial charge in [-0.3, -0.25) is 4.79 Å². The van der Waals surface area contributed by atoms with Crippen LogP contribution in [-0.2, 0) is 4.79 Å². The van der Waals surface area contributed by atoms with Crippen molar-refractivity contribution in [3.05, 3.63) is 23.8 Å². The van der Waals surface area contributed by atoms with Crippen molar-refractivity contribution in [2.24, 2.45) is 11.8 Å². The Labute approximate surface area is 140 Å². The van der Waals surface area contributed by atoms with Gasteiger partial charge in [-0.2, -0.15) is 0 Å². The van der Waals surface area contributed by atoms with Gasteiger partial charge in [0.25, 0.3) is 0 Å².